The van der Waals surface area contributed by atoms with Gasteiger partial charge in [-0.1, -0.05) is 27.7 Å². The summed E-state index contributed by atoms with van der Waals surface area (Å²) in [7, 11) is 2.21. The maximum atomic E-state index is 3.72. The molecule has 2 fully saturated rings. The Kier molecular flexibility index (Phi) is 7.20. The number of nitrogens with zero attached hydrogens (tertiary/aromatic N) is 1. The summed E-state index contributed by atoms with van der Waals surface area (Å²) in [6, 6.07) is 0.771. The van der Waals surface area contributed by atoms with Gasteiger partial charge in [-0.05, 0) is 39.8 Å². The minimum atomic E-state index is 0.524. The SMILES string of the molecule is CC.CC.CN1CCC(NC2(C)CC2)C1. The Morgan fingerprint density at radius 1 is 1.13 bits per heavy atom. The molecule has 92 valence electrons. The monoisotopic (exact) mass is 214 g/mol. The predicted octanol–water partition coefficient (Wildman–Crippen LogP) is 2.89. The van der Waals surface area contributed by atoms with Crippen molar-refractivity contribution in [1.29, 1.82) is 0 Å². The van der Waals surface area contributed by atoms with E-state index in [1.165, 1.54) is 32.4 Å². The molecule has 1 heterocycles. The Hall–Kier alpha value is -0.0800. The Morgan fingerprint density at radius 2 is 1.67 bits per heavy atom. The fourth-order valence-corrected chi connectivity index (χ4v) is 1.88. The lowest BCUT2D eigenvalue weighted by molar-refractivity contribution is 0.380. The van der Waals surface area contributed by atoms with E-state index in [0.717, 1.165) is 6.04 Å². The van der Waals surface area contributed by atoms with Crippen LogP contribution in [0.5, 0.6) is 0 Å². The molecule has 1 atom stereocenters. The summed E-state index contributed by atoms with van der Waals surface area (Å²) in [6.45, 7) is 12.9. The highest BCUT2D eigenvalue weighted by molar-refractivity contribution is 5.00. The average Bonchev–Trinajstić information content (AvgIpc) is 2.85. The predicted molar refractivity (Wildman–Crippen MR) is 69.4 cm³/mol. The largest absolute Gasteiger partial charge is 0.307 e. The molecule has 0 aromatic heterocycles. The van der Waals surface area contributed by atoms with Crippen LogP contribution in [0.3, 0.4) is 0 Å². The van der Waals surface area contributed by atoms with Crippen LogP contribution in [0.15, 0.2) is 0 Å². The maximum Gasteiger partial charge on any atom is 0.0212 e. The zero-order valence-corrected chi connectivity index (χ0v) is 11.6. The van der Waals surface area contributed by atoms with Crippen LogP contribution in [0.1, 0.15) is 53.9 Å². The summed E-state index contributed by atoms with van der Waals surface area (Å²) in [4.78, 5) is 2.41. The molecule has 2 heteroatoms. The highest BCUT2D eigenvalue weighted by Crippen LogP contribution is 2.35. The van der Waals surface area contributed by atoms with E-state index in [9.17, 15) is 0 Å². The third-order valence-corrected chi connectivity index (χ3v) is 2.94. The second kappa shape index (κ2) is 7.24. The number of hydrogen-bond acceptors (Lipinski definition) is 2. The fraction of sp³-hybridized carbons (Fsp3) is 1.00. The summed E-state index contributed by atoms with van der Waals surface area (Å²) in [6.07, 6.45) is 4.10. The van der Waals surface area contributed by atoms with E-state index in [0.29, 0.717) is 5.54 Å². The van der Waals surface area contributed by atoms with Crippen molar-refractivity contribution in [3.63, 3.8) is 0 Å². The lowest BCUT2D eigenvalue weighted by Gasteiger charge is -2.17. The van der Waals surface area contributed by atoms with Gasteiger partial charge in [-0.3, -0.25) is 0 Å². The third-order valence-electron chi connectivity index (χ3n) is 2.94. The molecule has 0 aromatic rings. The van der Waals surface area contributed by atoms with Gasteiger partial charge in [-0.2, -0.15) is 0 Å². The topological polar surface area (TPSA) is 15.3 Å². The molecule has 0 aromatic carbocycles. The van der Waals surface area contributed by atoms with E-state index in [1.807, 2.05) is 27.7 Å². The van der Waals surface area contributed by atoms with Crippen LogP contribution in [0.2, 0.25) is 0 Å². The molecule has 0 radical (unpaired) electrons. The molecule has 1 saturated carbocycles. The number of hydrogen-bond donors (Lipinski definition) is 1. The first-order chi connectivity index (χ1) is 7.18. The standard InChI is InChI=1S/C9H18N2.2C2H6/c1-9(4-5-9)10-8-3-6-11(2)7-8;2*1-2/h8,10H,3-7H2,1-2H3;2*1-2H3. The van der Waals surface area contributed by atoms with E-state index < -0.39 is 0 Å². The summed E-state index contributed by atoms with van der Waals surface area (Å²) in [5, 5.41) is 3.72. The van der Waals surface area contributed by atoms with Gasteiger partial charge in [0, 0.05) is 18.1 Å². The molecule has 0 amide bonds. The molecule has 1 N–H and O–H groups in total. The van der Waals surface area contributed by atoms with Gasteiger partial charge in [-0.15, -0.1) is 0 Å². The first kappa shape index (κ1) is 14.9. The molecule has 0 bridgehead atoms. The van der Waals surface area contributed by atoms with Crippen molar-refractivity contribution in [1.82, 2.24) is 10.2 Å². The summed E-state index contributed by atoms with van der Waals surface area (Å²) < 4.78 is 0. The van der Waals surface area contributed by atoms with E-state index in [-0.39, 0.29) is 0 Å². The first-order valence-electron chi connectivity index (χ1n) is 6.64. The van der Waals surface area contributed by atoms with Gasteiger partial charge >= 0.3 is 0 Å². The summed E-state index contributed by atoms with van der Waals surface area (Å²) in [5.41, 5.74) is 0.524. The maximum absolute atomic E-state index is 3.72. The van der Waals surface area contributed by atoms with Crippen LogP contribution in [0.4, 0.5) is 0 Å². The third kappa shape index (κ3) is 5.53. The molecule has 2 aliphatic rings. The lowest BCUT2D eigenvalue weighted by atomic mass is 10.2. The van der Waals surface area contributed by atoms with Gasteiger partial charge in [0.15, 0.2) is 0 Å². The molecule has 1 aliphatic carbocycles. The van der Waals surface area contributed by atoms with Crippen molar-refractivity contribution < 1.29 is 0 Å². The van der Waals surface area contributed by atoms with Crippen LogP contribution in [0, 0.1) is 0 Å². The number of rotatable bonds is 2. The first-order valence-corrected chi connectivity index (χ1v) is 6.64. The zero-order chi connectivity index (χ0) is 11.9. The van der Waals surface area contributed by atoms with Crippen LogP contribution < -0.4 is 5.32 Å². The van der Waals surface area contributed by atoms with Crippen molar-refractivity contribution in [2.75, 3.05) is 20.1 Å². The Morgan fingerprint density at radius 3 is 2.00 bits per heavy atom. The number of likely N-dealkylation sites (tertiary alicyclic amines) is 1. The van der Waals surface area contributed by atoms with Gasteiger partial charge < -0.3 is 10.2 Å². The van der Waals surface area contributed by atoms with Crippen LogP contribution in [-0.4, -0.2) is 36.6 Å². The molecule has 1 aliphatic heterocycles. The normalized spacial score (nSPS) is 27.2. The second-order valence-electron chi connectivity index (χ2n) is 4.45. The van der Waals surface area contributed by atoms with E-state index in [4.69, 9.17) is 0 Å². The molecule has 15 heavy (non-hydrogen) atoms. The molecular weight excluding hydrogens is 184 g/mol. The van der Waals surface area contributed by atoms with Crippen LogP contribution in [-0.2, 0) is 0 Å². The van der Waals surface area contributed by atoms with Gasteiger partial charge in [-0.25, -0.2) is 0 Å². The van der Waals surface area contributed by atoms with Gasteiger partial charge in [0.2, 0.25) is 0 Å². The van der Waals surface area contributed by atoms with Gasteiger partial charge in [0.05, 0.1) is 0 Å². The number of likely N-dealkylation sites (N-methyl/N-ethyl adjacent to an activating group) is 1. The zero-order valence-electron chi connectivity index (χ0n) is 11.6. The highest BCUT2D eigenvalue weighted by Gasteiger charge is 2.39. The second-order valence-corrected chi connectivity index (χ2v) is 4.45. The summed E-state index contributed by atoms with van der Waals surface area (Å²) >= 11 is 0. The van der Waals surface area contributed by atoms with Gasteiger partial charge in [0.1, 0.15) is 0 Å². The Bertz CT molecular complexity index is 153. The Labute approximate surface area is 96.4 Å². The minimum Gasteiger partial charge on any atom is -0.307 e. The highest BCUT2D eigenvalue weighted by atomic mass is 15.2. The number of nitrogens with one attached hydrogen (secondary N) is 1. The Balaban J connectivity index is 0.000000442. The van der Waals surface area contributed by atoms with Gasteiger partial charge in [0.25, 0.3) is 0 Å². The van der Waals surface area contributed by atoms with E-state index >= 15 is 0 Å². The van der Waals surface area contributed by atoms with E-state index in [2.05, 4.69) is 24.2 Å². The van der Waals surface area contributed by atoms with E-state index in [1.54, 1.807) is 0 Å². The van der Waals surface area contributed by atoms with Crippen LogP contribution >= 0.6 is 0 Å². The smallest absolute Gasteiger partial charge is 0.0212 e. The molecule has 0 spiro atoms. The van der Waals surface area contributed by atoms with Crippen molar-refractivity contribution in [2.45, 2.75) is 65.5 Å². The fourth-order valence-electron chi connectivity index (χ4n) is 1.88. The molecular formula is C13H30N2. The van der Waals surface area contributed by atoms with Crippen molar-refractivity contribution in [2.24, 2.45) is 0 Å². The molecule has 2 nitrogen and oxygen atoms in total. The lowest BCUT2D eigenvalue weighted by Crippen LogP contribution is -2.39. The molecule has 2 rings (SSSR count). The van der Waals surface area contributed by atoms with Crippen LogP contribution in [0.25, 0.3) is 0 Å². The molecule has 1 unspecified atom stereocenters. The van der Waals surface area contributed by atoms with Crippen molar-refractivity contribution in [3.8, 4) is 0 Å². The minimum absolute atomic E-state index is 0.524. The summed E-state index contributed by atoms with van der Waals surface area (Å²) in [5.74, 6) is 0. The quantitative estimate of drug-likeness (QED) is 0.760. The molecule has 1 saturated heterocycles. The average molecular weight is 214 g/mol. The van der Waals surface area contributed by atoms with Crippen molar-refractivity contribution >= 4 is 0 Å². The van der Waals surface area contributed by atoms with Crippen molar-refractivity contribution in [3.05, 3.63) is 0 Å².